The number of carbonyl (C=O) groups excluding carboxylic acids is 1. The molecule has 0 spiro atoms. The first kappa shape index (κ1) is 24.7. The highest BCUT2D eigenvalue weighted by atomic mass is 16.4. The average molecular weight is 379 g/mol. The quantitative estimate of drug-likeness (QED) is 0.223. The first-order valence-corrected chi connectivity index (χ1v) is 8.73. The van der Waals surface area contributed by atoms with Gasteiger partial charge < -0.3 is 36.0 Å². The minimum Gasteiger partial charge on any atom is -0.481 e. The summed E-state index contributed by atoms with van der Waals surface area (Å²) >= 11 is 0. The SMILES string of the molecule is CCC(C)(CC(C)(CC)C(=O)NC[C@H](O)[C@@H](O)[C@H](O)[C@H](O)CO)C(=O)O. The second-order valence-electron chi connectivity index (χ2n) is 7.32. The molecule has 0 aliphatic rings. The van der Waals surface area contributed by atoms with Gasteiger partial charge in [-0.25, -0.2) is 0 Å². The van der Waals surface area contributed by atoms with E-state index in [9.17, 15) is 35.1 Å². The number of aliphatic carboxylic acids is 1. The van der Waals surface area contributed by atoms with Crippen molar-refractivity contribution in [2.75, 3.05) is 13.2 Å². The van der Waals surface area contributed by atoms with Gasteiger partial charge in [-0.3, -0.25) is 9.59 Å². The monoisotopic (exact) mass is 379 g/mol. The first-order valence-electron chi connectivity index (χ1n) is 8.73. The number of rotatable bonds is 12. The molecule has 0 aliphatic heterocycles. The number of amides is 1. The molecule has 0 aliphatic carbocycles. The minimum atomic E-state index is -1.78. The number of nitrogens with one attached hydrogen (secondary N) is 1. The third-order valence-corrected chi connectivity index (χ3v) is 5.20. The summed E-state index contributed by atoms with van der Waals surface area (Å²) in [6, 6.07) is 0. The van der Waals surface area contributed by atoms with E-state index in [1.165, 1.54) is 0 Å². The van der Waals surface area contributed by atoms with Gasteiger partial charge in [0.15, 0.2) is 0 Å². The van der Waals surface area contributed by atoms with E-state index in [1.807, 2.05) is 0 Å². The zero-order valence-electron chi connectivity index (χ0n) is 15.8. The second kappa shape index (κ2) is 10.2. The lowest BCUT2D eigenvalue weighted by atomic mass is 9.69. The van der Waals surface area contributed by atoms with Crippen molar-refractivity contribution < 1.29 is 40.2 Å². The van der Waals surface area contributed by atoms with Crippen LogP contribution in [0.1, 0.15) is 47.0 Å². The third-order valence-electron chi connectivity index (χ3n) is 5.20. The van der Waals surface area contributed by atoms with Crippen molar-refractivity contribution in [3.63, 3.8) is 0 Å². The van der Waals surface area contributed by atoms with Crippen LogP contribution in [0.25, 0.3) is 0 Å². The highest BCUT2D eigenvalue weighted by Crippen LogP contribution is 2.39. The maximum atomic E-state index is 12.6. The van der Waals surface area contributed by atoms with Gasteiger partial charge in [-0.2, -0.15) is 0 Å². The van der Waals surface area contributed by atoms with Crippen molar-refractivity contribution in [1.29, 1.82) is 0 Å². The van der Waals surface area contributed by atoms with Crippen LogP contribution in [0.2, 0.25) is 0 Å². The predicted molar refractivity (Wildman–Crippen MR) is 93.2 cm³/mol. The lowest BCUT2D eigenvalue weighted by Gasteiger charge is -2.35. The Balaban J connectivity index is 4.97. The second-order valence-corrected chi connectivity index (χ2v) is 7.32. The fraction of sp³-hybridized carbons (Fsp3) is 0.882. The molecule has 2 unspecified atom stereocenters. The van der Waals surface area contributed by atoms with E-state index in [-0.39, 0.29) is 6.42 Å². The van der Waals surface area contributed by atoms with Crippen LogP contribution in [-0.4, -0.2) is 80.1 Å². The van der Waals surface area contributed by atoms with Gasteiger partial charge in [-0.1, -0.05) is 20.8 Å². The van der Waals surface area contributed by atoms with Crippen LogP contribution in [0, 0.1) is 10.8 Å². The maximum Gasteiger partial charge on any atom is 0.309 e. The van der Waals surface area contributed by atoms with Gasteiger partial charge in [0.1, 0.15) is 18.3 Å². The smallest absolute Gasteiger partial charge is 0.309 e. The Bertz CT molecular complexity index is 474. The molecule has 9 nitrogen and oxygen atoms in total. The minimum absolute atomic E-state index is 0.0959. The molecule has 0 heterocycles. The number of carboxylic acids is 1. The highest BCUT2D eigenvalue weighted by molar-refractivity contribution is 5.83. The summed E-state index contributed by atoms with van der Waals surface area (Å²) in [6.07, 6.45) is -5.95. The molecule has 9 heteroatoms. The summed E-state index contributed by atoms with van der Waals surface area (Å²) in [5.74, 6) is -1.48. The van der Waals surface area contributed by atoms with Gasteiger partial charge in [-0.15, -0.1) is 0 Å². The molecule has 7 N–H and O–H groups in total. The van der Waals surface area contributed by atoms with E-state index in [1.54, 1.807) is 27.7 Å². The van der Waals surface area contributed by atoms with Crippen molar-refractivity contribution in [3.8, 4) is 0 Å². The zero-order chi connectivity index (χ0) is 20.7. The molecule has 0 aromatic heterocycles. The third kappa shape index (κ3) is 6.17. The zero-order valence-corrected chi connectivity index (χ0v) is 15.8. The number of hydrogen-bond donors (Lipinski definition) is 7. The first-order chi connectivity index (χ1) is 11.9. The van der Waals surface area contributed by atoms with E-state index in [2.05, 4.69) is 5.32 Å². The molecule has 26 heavy (non-hydrogen) atoms. The normalized spacial score (nSPS) is 21.0. The van der Waals surface area contributed by atoms with Crippen molar-refractivity contribution in [1.82, 2.24) is 5.32 Å². The molecular formula is C17H33NO8. The average Bonchev–Trinajstić information content (AvgIpc) is 2.62. The summed E-state index contributed by atoms with van der Waals surface area (Å²) in [7, 11) is 0. The lowest BCUT2D eigenvalue weighted by molar-refractivity contribution is -0.152. The Morgan fingerprint density at radius 3 is 1.77 bits per heavy atom. The van der Waals surface area contributed by atoms with Crippen molar-refractivity contribution in [3.05, 3.63) is 0 Å². The van der Waals surface area contributed by atoms with Gasteiger partial charge in [0.2, 0.25) is 5.91 Å². The molecule has 0 radical (unpaired) electrons. The van der Waals surface area contributed by atoms with Gasteiger partial charge in [0.25, 0.3) is 0 Å². The molecule has 0 aromatic rings. The van der Waals surface area contributed by atoms with Crippen LogP contribution in [0.3, 0.4) is 0 Å². The van der Waals surface area contributed by atoms with Crippen LogP contribution in [0.4, 0.5) is 0 Å². The Kier molecular flexibility index (Phi) is 9.68. The molecule has 1 amide bonds. The molecule has 154 valence electrons. The van der Waals surface area contributed by atoms with E-state index >= 15 is 0 Å². The van der Waals surface area contributed by atoms with Crippen molar-refractivity contribution >= 4 is 11.9 Å². The molecule has 6 atom stereocenters. The van der Waals surface area contributed by atoms with E-state index in [0.29, 0.717) is 12.8 Å². The van der Waals surface area contributed by atoms with Crippen LogP contribution < -0.4 is 5.32 Å². The Labute approximate surface area is 153 Å². The van der Waals surface area contributed by atoms with Gasteiger partial charge >= 0.3 is 5.97 Å². The number of carbonyl (C=O) groups is 2. The number of aliphatic hydroxyl groups excluding tert-OH is 5. The molecule has 0 fully saturated rings. The fourth-order valence-corrected chi connectivity index (χ4v) is 2.67. The summed E-state index contributed by atoms with van der Waals surface area (Å²) in [5.41, 5.74) is -2.08. The van der Waals surface area contributed by atoms with E-state index < -0.39 is 60.3 Å². The summed E-state index contributed by atoms with van der Waals surface area (Å²) in [4.78, 5) is 24.1. The van der Waals surface area contributed by atoms with E-state index in [4.69, 9.17) is 5.11 Å². The lowest BCUT2D eigenvalue weighted by Crippen LogP contribution is -2.51. The van der Waals surface area contributed by atoms with Crippen LogP contribution >= 0.6 is 0 Å². The standard InChI is InChI=1S/C17H33NO8/c1-5-16(3,9-17(4,6-2)15(25)26)14(24)18-7-10(20)12(22)13(23)11(21)8-19/h10-13,19-23H,5-9H2,1-4H3,(H,18,24)(H,25,26)/t10-,11+,12+,13+,16?,17?/m0/s1. The molecule has 0 aromatic carbocycles. The van der Waals surface area contributed by atoms with Gasteiger partial charge in [0.05, 0.1) is 18.1 Å². The van der Waals surface area contributed by atoms with Crippen LogP contribution in [0.15, 0.2) is 0 Å². The Hall–Kier alpha value is -1.26. The summed E-state index contributed by atoms with van der Waals surface area (Å²) in [5, 5.41) is 59.1. The molecule has 0 saturated heterocycles. The molecule has 0 bridgehead atoms. The van der Waals surface area contributed by atoms with Crippen molar-refractivity contribution in [2.24, 2.45) is 10.8 Å². The largest absolute Gasteiger partial charge is 0.481 e. The maximum absolute atomic E-state index is 12.6. The Morgan fingerprint density at radius 2 is 1.38 bits per heavy atom. The summed E-state index contributed by atoms with van der Waals surface area (Å²) in [6.45, 7) is 5.49. The Morgan fingerprint density at radius 1 is 0.923 bits per heavy atom. The highest BCUT2D eigenvalue weighted by Gasteiger charge is 2.43. The predicted octanol–water partition coefficient (Wildman–Crippen LogP) is -1.15. The summed E-state index contributed by atoms with van der Waals surface area (Å²) < 4.78 is 0. The van der Waals surface area contributed by atoms with E-state index in [0.717, 1.165) is 0 Å². The van der Waals surface area contributed by atoms with Crippen LogP contribution in [0.5, 0.6) is 0 Å². The number of hydrogen-bond acceptors (Lipinski definition) is 7. The van der Waals surface area contributed by atoms with Gasteiger partial charge in [-0.05, 0) is 26.2 Å². The van der Waals surface area contributed by atoms with Crippen LogP contribution in [-0.2, 0) is 9.59 Å². The number of carboxylic acid groups (broad SMARTS) is 1. The number of aliphatic hydroxyl groups is 5. The van der Waals surface area contributed by atoms with Crippen molar-refractivity contribution in [2.45, 2.75) is 71.4 Å². The van der Waals surface area contributed by atoms with Gasteiger partial charge in [0, 0.05) is 12.0 Å². The molecule has 0 rings (SSSR count). The fourth-order valence-electron chi connectivity index (χ4n) is 2.67. The molecule has 0 saturated carbocycles. The molecular weight excluding hydrogens is 346 g/mol. The topological polar surface area (TPSA) is 168 Å².